The lowest BCUT2D eigenvalue weighted by atomic mass is 9.67. The van der Waals surface area contributed by atoms with Gasteiger partial charge < -0.3 is 0 Å². The average Bonchev–Trinajstić information content (AvgIpc) is 2.43. The first-order valence-electron chi connectivity index (χ1n) is 6.09. The minimum atomic E-state index is 0.385. The van der Waals surface area contributed by atoms with Crippen molar-refractivity contribution in [3.8, 4) is 0 Å². The van der Waals surface area contributed by atoms with Gasteiger partial charge in [0.2, 0.25) is 0 Å². The van der Waals surface area contributed by atoms with Crippen LogP contribution in [0.1, 0.15) is 59.8 Å². The average molecular weight is 208 g/mol. The second-order valence-corrected chi connectivity index (χ2v) is 5.75. The molecule has 0 aliphatic heterocycles. The molecule has 0 radical (unpaired) electrons. The van der Waals surface area contributed by atoms with Gasteiger partial charge in [-0.25, -0.2) is 0 Å². The summed E-state index contributed by atoms with van der Waals surface area (Å²) in [7, 11) is 0. The van der Waals surface area contributed by atoms with E-state index in [0.29, 0.717) is 10.8 Å². The maximum Gasteiger partial charge on any atom is 0.145 e. The van der Waals surface area contributed by atoms with E-state index in [1.54, 1.807) is 0 Å². The Morgan fingerprint density at radius 1 is 1.27 bits per heavy atom. The molecule has 0 amide bonds. The van der Waals surface area contributed by atoms with E-state index in [1.807, 2.05) is 6.92 Å². The van der Waals surface area contributed by atoms with E-state index < -0.39 is 0 Å². The molecule has 0 saturated heterocycles. The van der Waals surface area contributed by atoms with Crippen LogP contribution in [-0.2, 0) is 4.79 Å². The van der Waals surface area contributed by atoms with Crippen molar-refractivity contribution in [2.24, 2.45) is 10.8 Å². The van der Waals surface area contributed by atoms with Gasteiger partial charge in [0.15, 0.2) is 0 Å². The first-order chi connectivity index (χ1) is 6.95. The van der Waals surface area contributed by atoms with Gasteiger partial charge in [-0.15, -0.1) is 0 Å². The number of hydrogen-bond acceptors (Lipinski definition) is 1. The number of aldehydes is 1. The quantitative estimate of drug-likeness (QED) is 0.501. The molecule has 0 bridgehead atoms. The number of allylic oxidation sites excluding steroid dienone is 2. The standard InChI is InChI=1S/C14H24O/c1-5-12(11-15)7-10-14(4)9-6-8-13(14,2)3/h7,11H,5-6,8-10H2,1-4H3. The maximum absolute atomic E-state index is 10.7. The van der Waals surface area contributed by atoms with Crippen LogP contribution < -0.4 is 0 Å². The Morgan fingerprint density at radius 2 is 1.93 bits per heavy atom. The van der Waals surface area contributed by atoms with E-state index in [-0.39, 0.29) is 0 Å². The lowest BCUT2D eigenvalue weighted by Gasteiger charge is -2.38. The first-order valence-corrected chi connectivity index (χ1v) is 6.09. The fraction of sp³-hybridized carbons (Fsp3) is 0.786. The molecular weight excluding hydrogens is 184 g/mol. The molecule has 1 rings (SSSR count). The molecule has 0 aromatic carbocycles. The summed E-state index contributed by atoms with van der Waals surface area (Å²) in [5.41, 5.74) is 1.76. The van der Waals surface area contributed by atoms with Crippen LogP contribution in [-0.4, -0.2) is 6.29 Å². The summed E-state index contributed by atoms with van der Waals surface area (Å²) in [6, 6.07) is 0. The molecule has 1 atom stereocenters. The summed E-state index contributed by atoms with van der Waals surface area (Å²) in [5, 5.41) is 0. The highest BCUT2D eigenvalue weighted by atomic mass is 16.1. The summed E-state index contributed by atoms with van der Waals surface area (Å²) in [6.07, 6.45) is 9.03. The zero-order valence-electron chi connectivity index (χ0n) is 10.6. The highest BCUT2D eigenvalue weighted by molar-refractivity contribution is 5.72. The van der Waals surface area contributed by atoms with Gasteiger partial charge in [-0.05, 0) is 42.1 Å². The smallest absolute Gasteiger partial charge is 0.145 e. The van der Waals surface area contributed by atoms with Crippen molar-refractivity contribution in [2.45, 2.75) is 59.8 Å². The van der Waals surface area contributed by atoms with E-state index in [4.69, 9.17) is 0 Å². The van der Waals surface area contributed by atoms with E-state index in [0.717, 1.165) is 24.7 Å². The summed E-state index contributed by atoms with van der Waals surface area (Å²) in [6.45, 7) is 9.14. The van der Waals surface area contributed by atoms with Gasteiger partial charge >= 0.3 is 0 Å². The van der Waals surface area contributed by atoms with Crippen LogP contribution in [0.3, 0.4) is 0 Å². The zero-order valence-corrected chi connectivity index (χ0v) is 10.6. The molecule has 0 spiro atoms. The highest BCUT2D eigenvalue weighted by Crippen LogP contribution is 2.54. The molecule has 0 aromatic rings. The van der Waals surface area contributed by atoms with Crippen LogP contribution in [0.25, 0.3) is 0 Å². The third-order valence-corrected chi connectivity index (χ3v) is 4.54. The molecule has 86 valence electrons. The largest absolute Gasteiger partial charge is 0.298 e. The van der Waals surface area contributed by atoms with Crippen LogP contribution in [0.4, 0.5) is 0 Å². The maximum atomic E-state index is 10.7. The number of carbonyl (C=O) groups is 1. The fourth-order valence-corrected chi connectivity index (χ4v) is 2.57. The first kappa shape index (κ1) is 12.5. The van der Waals surface area contributed by atoms with Gasteiger partial charge in [-0.3, -0.25) is 4.79 Å². The molecule has 0 N–H and O–H groups in total. The molecule has 1 nitrogen and oxygen atoms in total. The molecule has 0 heterocycles. The van der Waals surface area contributed by atoms with E-state index in [2.05, 4.69) is 26.8 Å². The van der Waals surface area contributed by atoms with Gasteiger partial charge in [-0.2, -0.15) is 0 Å². The molecule has 1 saturated carbocycles. The SMILES string of the molecule is CCC(C=O)=CCC1(C)CCCC1(C)C. The highest BCUT2D eigenvalue weighted by Gasteiger charge is 2.43. The van der Waals surface area contributed by atoms with Crippen molar-refractivity contribution in [2.75, 3.05) is 0 Å². The van der Waals surface area contributed by atoms with Crippen LogP contribution in [0, 0.1) is 10.8 Å². The Labute approximate surface area is 93.9 Å². The Balaban J connectivity index is 2.72. The van der Waals surface area contributed by atoms with Gasteiger partial charge in [0.05, 0.1) is 0 Å². The Bertz CT molecular complexity index is 263. The van der Waals surface area contributed by atoms with Gasteiger partial charge in [0, 0.05) is 0 Å². The fourth-order valence-electron chi connectivity index (χ4n) is 2.57. The van der Waals surface area contributed by atoms with Crippen molar-refractivity contribution in [3.05, 3.63) is 11.6 Å². The Hall–Kier alpha value is -0.590. The van der Waals surface area contributed by atoms with Gasteiger partial charge in [0.1, 0.15) is 6.29 Å². The molecular formula is C14H24O. The van der Waals surface area contributed by atoms with E-state index in [1.165, 1.54) is 19.3 Å². The third kappa shape index (κ3) is 2.50. The minimum absolute atomic E-state index is 0.385. The predicted molar refractivity (Wildman–Crippen MR) is 64.8 cm³/mol. The van der Waals surface area contributed by atoms with Crippen molar-refractivity contribution in [1.29, 1.82) is 0 Å². The van der Waals surface area contributed by atoms with Crippen LogP contribution in [0.15, 0.2) is 11.6 Å². The topological polar surface area (TPSA) is 17.1 Å². The lowest BCUT2D eigenvalue weighted by molar-refractivity contribution is -0.105. The van der Waals surface area contributed by atoms with Crippen LogP contribution >= 0.6 is 0 Å². The number of rotatable bonds is 4. The van der Waals surface area contributed by atoms with Crippen LogP contribution in [0.2, 0.25) is 0 Å². The monoisotopic (exact) mass is 208 g/mol. The predicted octanol–water partition coefficient (Wildman–Crippen LogP) is 4.13. The third-order valence-electron chi connectivity index (χ3n) is 4.54. The number of hydrogen-bond donors (Lipinski definition) is 0. The van der Waals surface area contributed by atoms with Crippen molar-refractivity contribution < 1.29 is 4.79 Å². The van der Waals surface area contributed by atoms with Crippen molar-refractivity contribution in [1.82, 2.24) is 0 Å². The number of carbonyl (C=O) groups excluding carboxylic acids is 1. The van der Waals surface area contributed by atoms with Crippen LogP contribution in [0.5, 0.6) is 0 Å². The molecule has 1 fully saturated rings. The molecule has 0 aromatic heterocycles. The second-order valence-electron chi connectivity index (χ2n) is 5.75. The molecule has 1 unspecified atom stereocenters. The second kappa shape index (κ2) is 4.51. The van der Waals surface area contributed by atoms with Crippen molar-refractivity contribution in [3.63, 3.8) is 0 Å². The van der Waals surface area contributed by atoms with Gasteiger partial charge in [0.25, 0.3) is 0 Å². The Kier molecular flexibility index (Phi) is 3.75. The summed E-state index contributed by atoms with van der Waals surface area (Å²) in [5.74, 6) is 0. The Morgan fingerprint density at radius 3 is 2.33 bits per heavy atom. The van der Waals surface area contributed by atoms with E-state index >= 15 is 0 Å². The van der Waals surface area contributed by atoms with Crippen molar-refractivity contribution >= 4 is 6.29 Å². The normalized spacial score (nSPS) is 30.5. The lowest BCUT2D eigenvalue weighted by Crippen LogP contribution is -2.29. The summed E-state index contributed by atoms with van der Waals surface area (Å²) >= 11 is 0. The molecule has 1 aliphatic carbocycles. The molecule has 1 aliphatic rings. The van der Waals surface area contributed by atoms with E-state index in [9.17, 15) is 4.79 Å². The minimum Gasteiger partial charge on any atom is -0.298 e. The summed E-state index contributed by atoms with van der Waals surface area (Å²) in [4.78, 5) is 10.7. The molecule has 15 heavy (non-hydrogen) atoms. The van der Waals surface area contributed by atoms with Gasteiger partial charge in [-0.1, -0.05) is 40.2 Å². The zero-order chi connectivity index (χ0) is 11.5. The summed E-state index contributed by atoms with van der Waals surface area (Å²) < 4.78 is 0. The molecule has 1 heteroatoms.